The Bertz CT molecular complexity index is 724. The van der Waals surface area contributed by atoms with Gasteiger partial charge in [0.05, 0.1) is 11.6 Å². The summed E-state index contributed by atoms with van der Waals surface area (Å²) in [4.78, 5) is 10.0. The standard InChI is InChI=1S/C16H18N4S/c1-2-4-14(15-5-3-8-21-15)20-16-12-9-11(17)6-7-13(12)18-10-19-16/h3,5-10,14H,2,4,17H2,1H3,(H,18,19,20). The number of nitrogens with one attached hydrogen (secondary N) is 1. The van der Waals surface area contributed by atoms with Crippen LogP contribution in [0.15, 0.2) is 42.0 Å². The molecule has 2 aromatic heterocycles. The van der Waals surface area contributed by atoms with Gasteiger partial charge in [-0.25, -0.2) is 9.97 Å². The molecule has 3 N–H and O–H groups in total. The van der Waals surface area contributed by atoms with Crippen LogP contribution in [0.5, 0.6) is 0 Å². The fourth-order valence-electron chi connectivity index (χ4n) is 2.42. The normalized spacial score (nSPS) is 12.4. The quantitative estimate of drug-likeness (QED) is 0.692. The van der Waals surface area contributed by atoms with Gasteiger partial charge in [-0.2, -0.15) is 0 Å². The maximum absolute atomic E-state index is 5.90. The van der Waals surface area contributed by atoms with Gasteiger partial charge >= 0.3 is 0 Å². The molecule has 3 rings (SSSR count). The SMILES string of the molecule is CCCC(Nc1ncnc2ccc(N)cc12)c1cccs1. The number of nitrogens with two attached hydrogens (primary N) is 1. The lowest BCUT2D eigenvalue weighted by Crippen LogP contribution is -2.11. The van der Waals surface area contributed by atoms with Crippen LogP contribution in [-0.2, 0) is 0 Å². The number of nitrogens with zero attached hydrogens (tertiary/aromatic N) is 2. The third-order valence-corrected chi connectivity index (χ3v) is 4.42. The Morgan fingerprint density at radius 2 is 2.19 bits per heavy atom. The second kappa shape index (κ2) is 6.10. The van der Waals surface area contributed by atoms with E-state index in [2.05, 4.69) is 39.7 Å². The minimum Gasteiger partial charge on any atom is -0.399 e. The molecule has 4 nitrogen and oxygen atoms in total. The molecule has 0 bridgehead atoms. The molecule has 1 unspecified atom stereocenters. The second-order valence-corrected chi connectivity index (χ2v) is 5.98. The highest BCUT2D eigenvalue weighted by molar-refractivity contribution is 7.10. The Balaban J connectivity index is 1.97. The molecule has 0 fully saturated rings. The van der Waals surface area contributed by atoms with Crippen LogP contribution in [0.3, 0.4) is 0 Å². The van der Waals surface area contributed by atoms with Crippen LogP contribution in [0.1, 0.15) is 30.7 Å². The summed E-state index contributed by atoms with van der Waals surface area (Å²) in [5.74, 6) is 0.846. The summed E-state index contributed by atoms with van der Waals surface area (Å²) < 4.78 is 0. The Labute approximate surface area is 128 Å². The van der Waals surface area contributed by atoms with E-state index in [4.69, 9.17) is 5.73 Å². The summed E-state index contributed by atoms with van der Waals surface area (Å²) in [6.07, 6.45) is 3.77. The van der Waals surface area contributed by atoms with Crippen LogP contribution in [-0.4, -0.2) is 9.97 Å². The molecule has 0 saturated carbocycles. The van der Waals surface area contributed by atoms with Crippen LogP contribution in [0.2, 0.25) is 0 Å². The molecular formula is C16H18N4S. The third-order valence-electron chi connectivity index (χ3n) is 3.43. The Morgan fingerprint density at radius 3 is 2.95 bits per heavy atom. The number of fused-ring (bicyclic) bond motifs is 1. The van der Waals surface area contributed by atoms with E-state index in [0.29, 0.717) is 0 Å². The lowest BCUT2D eigenvalue weighted by atomic mass is 10.1. The molecule has 1 aromatic carbocycles. The lowest BCUT2D eigenvalue weighted by molar-refractivity contribution is 0.685. The number of hydrogen-bond donors (Lipinski definition) is 2. The van der Waals surface area contributed by atoms with Crippen molar-refractivity contribution in [2.45, 2.75) is 25.8 Å². The average molecular weight is 298 g/mol. The molecular weight excluding hydrogens is 280 g/mol. The van der Waals surface area contributed by atoms with Crippen molar-refractivity contribution < 1.29 is 0 Å². The Kier molecular flexibility index (Phi) is 4.01. The van der Waals surface area contributed by atoms with E-state index in [0.717, 1.165) is 35.2 Å². The first kappa shape index (κ1) is 13.8. The molecule has 21 heavy (non-hydrogen) atoms. The molecule has 0 amide bonds. The smallest absolute Gasteiger partial charge is 0.137 e. The van der Waals surface area contributed by atoms with Crippen LogP contribution >= 0.6 is 11.3 Å². The summed E-state index contributed by atoms with van der Waals surface area (Å²) in [5.41, 5.74) is 7.53. The maximum Gasteiger partial charge on any atom is 0.137 e. The molecule has 2 heterocycles. The van der Waals surface area contributed by atoms with Crippen LogP contribution in [0.25, 0.3) is 10.9 Å². The van der Waals surface area contributed by atoms with Crippen LogP contribution in [0.4, 0.5) is 11.5 Å². The Morgan fingerprint density at radius 1 is 1.29 bits per heavy atom. The number of hydrogen-bond acceptors (Lipinski definition) is 5. The van der Waals surface area contributed by atoms with Gasteiger partial charge in [-0.1, -0.05) is 19.4 Å². The first-order valence-electron chi connectivity index (χ1n) is 7.08. The zero-order valence-electron chi connectivity index (χ0n) is 11.9. The van der Waals surface area contributed by atoms with Gasteiger partial charge in [-0.3, -0.25) is 0 Å². The van der Waals surface area contributed by atoms with E-state index in [1.807, 2.05) is 18.2 Å². The molecule has 3 aromatic rings. The largest absolute Gasteiger partial charge is 0.399 e. The zero-order chi connectivity index (χ0) is 14.7. The minimum atomic E-state index is 0.273. The summed E-state index contributed by atoms with van der Waals surface area (Å²) in [7, 11) is 0. The molecule has 0 aliphatic heterocycles. The Hall–Kier alpha value is -2.14. The zero-order valence-corrected chi connectivity index (χ0v) is 12.7. The van der Waals surface area contributed by atoms with Crippen molar-refractivity contribution in [3.05, 3.63) is 46.9 Å². The van der Waals surface area contributed by atoms with E-state index in [9.17, 15) is 0 Å². The molecule has 0 saturated heterocycles. The van der Waals surface area contributed by atoms with E-state index in [1.54, 1.807) is 17.7 Å². The first-order chi connectivity index (χ1) is 10.3. The number of rotatable bonds is 5. The summed E-state index contributed by atoms with van der Waals surface area (Å²) >= 11 is 1.77. The highest BCUT2D eigenvalue weighted by atomic mass is 32.1. The molecule has 1 atom stereocenters. The number of nitrogen functional groups attached to an aromatic ring is 1. The van der Waals surface area contributed by atoms with Crippen molar-refractivity contribution in [1.29, 1.82) is 0 Å². The van der Waals surface area contributed by atoms with Gasteiger partial charge < -0.3 is 11.1 Å². The molecule has 0 spiro atoms. The van der Waals surface area contributed by atoms with Crippen molar-refractivity contribution in [2.75, 3.05) is 11.1 Å². The summed E-state index contributed by atoms with van der Waals surface area (Å²) in [6, 6.07) is 10.2. The van der Waals surface area contributed by atoms with Gasteiger partial charge in [0.25, 0.3) is 0 Å². The fraction of sp³-hybridized carbons (Fsp3) is 0.250. The number of anilines is 2. The van der Waals surface area contributed by atoms with Gasteiger partial charge in [-0.05, 0) is 36.1 Å². The number of benzene rings is 1. The van der Waals surface area contributed by atoms with E-state index >= 15 is 0 Å². The average Bonchev–Trinajstić information content (AvgIpc) is 3.01. The first-order valence-corrected chi connectivity index (χ1v) is 7.96. The van der Waals surface area contributed by atoms with Crippen LogP contribution in [0, 0.1) is 0 Å². The predicted octanol–water partition coefficient (Wildman–Crippen LogP) is 4.23. The maximum atomic E-state index is 5.90. The lowest BCUT2D eigenvalue weighted by Gasteiger charge is -2.18. The predicted molar refractivity (Wildman–Crippen MR) is 89.5 cm³/mol. The molecule has 108 valence electrons. The van der Waals surface area contributed by atoms with Gasteiger partial charge in [0.1, 0.15) is 12.1 Å². The second-order valence-electron chi connectivity index (χ2n) is 5.00. The van der Waals surface area contributed by atoms with Crippen molar-refractivity contribution in [3.8, 4) is 0 Å². The molecule has 0 radical (unpaired) electrons. The third kappa shape index (κ3) is 2.97. The molecule has 0 aliphatic carbocycles. The monoisotopic (exact) mass is 298 g/mol. The molecule has 0 aliphatic rings. The van der Waals surface area contributed by atoms with E-state index < -0.39 is 0 Å². The van der Waals surface area contributed by atoms with E-state index in [-0.39, 0.29) is 6.04 Å². The van der Waals surface area contributed by atoms with Gasteiger partial charge in [0, 0.05) is 16.0 Å². The van der Waals surface area contributed by atoms with Gasteiger partial charge in [0.15, 0.2) is 0 Å². The topological polar surface area (TPSA) is 63.8 Å². The molecule has 5 heteroatoms. The summed E-state index contributed by atoms with van der Waals surface area (Å²) in [5, 5.41) is 6.63. The number of aromatic nitrogens is 2. The van der Waals surface area contributed by atoms with Crippen LogP contribution < -0.4 is 11.1 Å². The van der Waals surface area contributed by atoms with Crippen molar-refractivity contribution >= 4 is 33.7 Å². The minimum absolute atomic E-state index is 0.273. The van der Waals surface area contributed by atoms with Crippen molar-refractivity contribution in [3.63, 3.8) is 0 Å². The highest BCUT2D eigenvalue weighted by Gasteiger charge is 2.14. The number of thiophene rings is 1. The fourth-order valence-corrected chi connectivity index (χ4v) is 3.23. The van der Waals surface area contributed by atoms with E-state index in [1.165, 1.54) is 4.88 Å². The van der Waals surface area contributed by atoms with Crippen molar-refractivity contribution in [1.82, 2.24) is 9.97 Å². The van der Waals surface area contributed by atoms with Gasteiger partial charge in [-0.15, -0.1) is 11.3 Å². The summed E-state index contributed by atoms with van der Waals surface area (Å²) in [6.45, 7) is 2.19. The highest BCUT2D eigenvalue weighted by Crippen LogP contribution is 2.30. The van der Waals surface area contributed by atoms with Crippen molar-refractivity contribution in [2.24, 2.45) is 0 Å². The van der Waals surface area contributed by atoms with Gasteiger partial charge in [0.2, 0.25) is 0 Å².